The van der Waals surface area contributed by atoms with E-state index in [9.17, 15) is 13.2 Å². The molecule has 3 aromatic rings. The van der Waals surface area contributed by atoms with Gasteiger partial charge in [-0.1, -0.05) is 6.07 Å². The molecule has 0 saturated carbocycles. The molecule has 3 aromatic heterocycles. The quantitative estimate of drug-likeness (QED) is 0.618. The first kappa shape index (κ1) is 17.8. The summed E-state index contributed by atoms with van der Waals surface area (Å²) in [4.78, 5) is 12.7. The summed E-state index contributed by atoms with van der Waals surface area (Å²) in [6.07, 6.45) is 3.42. The molecule has 0 bridgehead atoms. The molecule has 0 aliphatic rings. The minimum absolute atomic E-state index is 0.0572. The van der Waals surface area contributed by atoms with E-state index in [4.69, 9.17) is 0 Å². The molecule has 7 nitrogen and oxygen atoms in total. The largest absolute Gasteiger partial charge is 0.465 e. The van der Waals surface area contributed by atoms with E-state index in [-0.39, 0.29) is 22.4 Å². The second kappa shape index (κ2) is 7.48. The van der Waals surface area contributed by atoms with Crippen LogP contribution in [0, 0.1) is 0 Å². The van der Waals surface area contributed by atoms with Crippen LogP contribution in [-0.4, -0.2) is 37.8 Å². The molecule has 3 rings (SSSR count). The summed E-state index contributed by atoms with van der Waals surface area (Å²) in [6, 6.07) is 6.73. The minimum atomic E-state index is -3.86. The molecule has 10 heteroatoms. The first-order valence-corrected chi connectivity index (χ1v) is 10.4. The van der Waals surface area contributed by atoms with Crippen LogP contribution in [0.3, 0.4) is 0 Å². The summed E-state index contributed by atoms with van der Waals surface area (Å²) in [6.45, 7) is 0.112. The van der Waals surface area contributed by atoms with Crippen LogP contribution in [0.25, 0.3) is 0 Å². The van der Waals surface area contributed by atoms with Crippen LogP contribution in [0.5, 0.6) is 0 Å². The lowest BCUT2D eigenvalue weighted by atomic mass is 10.2. The maximum absolute atomic E-state index is 12.6. The van der Waals surface area contributed by atoms with Crippen molar-refractivity contribution >= 4 is 38.7 Å². The lowest BCUT2D eigenvalue weighted by molar-refractivity contribution is 0.0602. The molecule has 0 radical (unpaired) electrons. The van der Waals surface area contributed by atoms with Crippen LogP contribution in [0.15, 0.2) is 52.3 Å². The molecule has 0 spiro atoms. The Hall–Kier alpha value is -2.01. The molecule has 0 saturated heterocycles. The predicted molar refractivity (Wildman–Crippen MR) is 95.5 cm³/mol. The Balaban J connectivity index is 1.83. The van der Waals surface area contributed by atoms with Gasteiger partial charge in [0, 0.05) is 23.8 Å². The number of rotatable bonds is 7. The third kappa shape index (κ3) is 3.82. The van der Waals surface area contributed by atoms with Crippen molar-refractivity contribution in [2.24, 2.45) is 0 Å². The molecule has 132 valence electrons. The van der Waals surface area contributed by atoms with Crippen LogP contribution < -0.4 is 4.72 Å². The predicted octanol–water partition coefficient (Wildman–Crippen LogP) is 2.36. The van der Waals surface area contributed by atoms with Gasteiger partial charge in [0.2, 0.25) is 10.0 Å². The number of hydrogen-bond acceptors (Lipinski definition) is 7. The fourth-order valence-electron chi connectivity index (χ4n) is 2.29. The Labute approximate surface area is 152 Å². The van der Waals surface area contributed by atoms with E-state index in [1.165, 1.54) is 24.5 Å². The second-order valence-electron chi connectivity index (χ2n) is 4.97. The van der Waals surface area contributed by atoms with E-state index in [0.29, 0.717) is 0 Å². The van der Waals surface area contributed by atoms with Crippen LogP contribution in [-0.2, 0) is 14.8 Å². The topological polar surface area (TPSA) is 90.3 Å². The summed E-state index contributed by atoms with van der Waals surface area (Å²) in [5, 5.41) is 7.68. The monoisotopic (exact) mass is 397 g/mol. The maximum atomic E-state index is 12.6. The molecular weight excluding hydrogens is 382 g/mol. The van der Waals surface area contributed by atoms with Crippen molar-refractivity contribution in [3.05, 3.63) is 57.2 Å². The van der Waals surface area contributed by atoms with E-state index in [2.05, 4.69) is 14.6 Å². The summed E-state index contributed by atoms with van der Waals surface area (Å²) in [5.41, 5.74) is 0. The van der Waals surface area contributed by atoms with Crippen LogP contribution in [0.4, 0.5) is 0 Å². The average molecular weight is 398 g/mol. The zero-order chi connectivity index (χ0) is 17.9. The highest BCUT2D eigenvalue weighted by molar-refractivity contribution is 7.89. The summed E-state index contributed by atoms with van der Waals surface area (Å²) in [5.74, 6) is -0.669. The lowest BCUT2D eigenvalue weighted by Gasteiger charge is -2.17. The van der Waals surface area contributed by atoms with Crippen molar-refractivity contribution in [3.8, 4) is 0 Å². The lowest BCUT2D eigenvalue weighted by Crippen LogP contribution is -2.31. The van der Waals surface area contributed by atoms with E-state index in [0.717, 1.165) is 16.2 Å². The number of methoxy groups -OCH3 is 1. The average Bonchev–Trinajstić information content (AvgIpc) is 3.34. The smallest absolute Gasteiger partial charge is 0.349 e. The van der Waals surface area contributed by atoms with Crippen LogP contribution in [0.2, 0.25) is 0 Å². The molecule has 0 aromatic carbocycles. The third-order valence-corrected chi connectivity index (χ3v) is 6.94. The summed E-state index contributed by atoms with van der Waals surface area (Å²) >= 11 is 2.55. The van der Waals surface area contributed by atoms with E-state index >= 15 is 0 Å². The highest BCUT2D eigenvalue weighted by atomic mass is 32.2. The SMILES string of the molecule is COC(=O)c1sccc1S(=O)(=O)NCC(c1cccs1)n1cccn1. The minimum Gasteiger partial charge on any atom is -0.465 e. The van der Waals surface area contributed by atoms with Crippen LogP contribution in [0.1, 0.15) is 20.6 Å². The fraction of sp³-hybridized carbons (Fsp3) is 0.200. The van der Waals surface area contributed by atoms with Gasteiger partial charge in [-0.3, -0.25) is 4.68 Å². The van der Waals surface area contributed by atoms with Gasteiger partial charge in [-0.2, -0.15) is 5.10 Å². The normalized spacial score (nSPS) is 12.8. The van der Waals surface area contributed by atoms with Crippen molar-refractivity contribution in [3.63, 3.8) is 0 Å². The highest BCUT2D eigenvalue weighted by Crippen LogP contribution is 2.25. The Bertz CT molecular complexity index is 897. The number of aromatic nitrogens is 2. The third-order valence-electron chi connectivity index (χ3n) is 3.47. The molecule has 25 heavy (non-hydrogen) atoms. The molecular formula is C15H15N3O4S3. The summed E-state index contributed by atoms with van der Waals surface area (Å²) < 4.78 is 34.2. The van der Waals surface area contributed by atoms with Gasteiger partial charge in [0.05, 0.1) is 13.2 Å². The van der Waals surface area contributed by atoms with Crippen molar-refractivity contribution in [1.82, 2.24) is 14.5 Å². The first-order valence-electron chi connectivity index (χ1n) is 7.21. The molecule has 0 aliphatic heterocycles. The van der Waals surface area contributed by atoms with Gasteiger partial charge in [-0.15, -0.1) is 22.7 Å². The van der Waals surface area contributed by atoms with E-state index in [1.54, 1.807) is 28.5 Å². The van der Waals surface area contributed by atoms with Crippen molar-refractivity contribution in [2.45, 2.75) is 10.9 Å². The molecule has 0 aliphatic carbocycles. The zero-order valence-electron chi connectivity index (χ0n) is 13.2. The highest BCUT2D eigenvalue weighted by Gasteiger charge is 2.26. The molecule has 0 fully saturated rings. The number of esters is 1. The van der Waals surface area contributed by atoms with Gasteiger partial charge in [-0.25, -0.2) is 17.9 Å². The molecule has 0 amide bonds. The number of carbonyl (C=O) groups excluding carboxylic acids is 1. The van der Waals surface area contributed by atoms with Gasteiger partial charge in [0.25, 0.3) is 0 Å². The van der Waals surface area contributed by atoms with E-state index < -0.39 is 16.0 Å². The molecule has 1 N–H and O–H groups in total. The number of ether oxygens (including phenoxy) is 1. The Morgan fingerprint density at radius 3 is 2.80 bits per heavy atom. The molecule has 3 heterocycles. The van der Waals surface area contributed by atoms with Gasteiger partial charge in [0.1, 0.15) is 9.77 Å². The van der Waals surface area contributed by atoms with Gasteiger partial charge in [0.15, 0.2) is 0 Å². The fourth-order valence-corrected chi connectivity index (χ4v) is 5.48. The van der Waals surface area contributed by atoms with Gasteiger partial charge < -0.3 is 4.74 Å². The summed E-state index contributed by atoms with van der Waals surface area (Å²) in [7, 11) is -2.64. The number of thiophene rings is 2. The molecule has 1 atom stereocenters. The van der Waals surface area contributed by atoms with Gasteiger partial charge >= 0.3 is 5.97 Å². The Kier molecular flexibility index (Phi) is 5.33. The number of nitrogens with one attached hydrogen (secondary N) is 1. The number of sulfonamides is 1. The first-order chi connectivity index (χ1) is 12.0. The van der Waals surface area contributed by atoms with Crippen molar-refractivity contribution < 1.29 is 17.9 Å². The zero-order valence-corrected chi connectivity index (χ0v) is 15.6. The molecule has 1 unspecified atom stereocenters. The number of carbonyl (C=O) groups is 1. The number of hydrogen-bond donors (Lipinski definition) is 1. The van der Waals surface area contributed by atoms with Gasteiger partial charge in [-0.05, 0) is 29.0 Å². The van der Waals surface area contributed by atoms with Crippen molar-refractivity contribution in [1.29, 1.82) is 0 Å². The number of nitrogens with zero attached hydrogens (tertiary/aromatic N) is 2. The second-order valence-corrected chi connectivity index (χ2v) is 8.61. The maximum Gasteiger partial charge on any atom is 0.349 e. The Morgan fingerprint density at radius 2 is 2.16 bits per heavy atom. The van der Waals surface area contributed by atoms with Crippen molar-refractivity contribution in [2.75, 3.05) is 13.7 Å². The Morgan fingerprint density at radius 1 is 1.32 bits per heavy atom. The van der Waals surface area contributed by atoms with E-state index in [1.807, 2.05) is 17.5 Å². The van der Waals surface area contributed by atoms with Crippen LogP contribution >= 0.6 is 22.7 Å². The standard InChI is InChI=1S/C15H15N3O4S3/c1-22-15(19)14-13(5-9-24-14)25(20,21)17-10-11(12-4-2-8-23-12)18-7-3-6-16-18/h2-9,11,17H,10H2,1H3.